The first-order valence-electron chi connectivity index (χ1n) is 7.60. The third-order valence-electron chi connectivity index (χ3n) is 3.55. The van der Waals surface area contributed by atoms with Crippen LogP contribution in [0.5, 0.6) is 0 Å². The van der Waals surface area contributed by atoms with Crippen molar-refractivity contribution >= 4 is 23.4 Å². The van der Waals surface area contributed by atoms with E-state index in [2.05, 4.69) is 15.3 Å². The minimum Gasteiger partial charge on any atom is -0.365 e. The molecule has 1 aromatic heterocycles. The highest BCUT2D eigenvalue weighted by atomic mass is 19.3. The van der Waals surface area contributed by atoms with Gasteiger partial charge in [-0.3, -0.25) is 9.80 Å². The van der Waals surface area contributed by atoms with Gasteiger partial charge in [0, 0.05) is 18.3 Å². The fourth-order valence-electron chi connectivity index (χ4n) is 2.20. The molecule has 0 radical (unpaired) electrons. The number of amides is 1. The number of primary amides is 1. The maximum Gasteiger partial charge on any atom is 0.254 e. The Morgan fingerprint density at radius 1 is 1.40 bits per heavy atom. The van der Waals surface area contributed by atoms with Crippen molar-refractivity contribution in [2.75, 3.05) is 10.3 Å². The van der Waals surface area contributed by atoms with Crippen LogP contribution in [0.15, 0.2) is 30.5 Å². The first-order valence-corrected chi connectivity index (χ1v) is 7.60. The van der Waals surface area contributed by atoms with Crippen LogP contribution in [-0.4, -0.2) is 28.3 Å². The van der Waals surface area contributed by atoms with Crippen molar-refractivity contribution in [2.24, 2.45) is 11.6 Å². The van der Waals surface area contributed by atoms with Crippen molar-refractivity contribution in [1.82, 2.24) is 9.97 Å². The minimum atomic E-state index is -2.50. The van der Waals surface area contributed by atoms with Gasteiger partial charge in [0.05, 0.1) is 6.04 Å². The smallest absolute Gasteiger partial charge is 0.254 e. The molecule has 1 amide bonds. The Morgan fingerprint density at radius 2 is 2.12 bits per heavy atom. The van der Waals surface area contributed by atoms with Gasteiger partial charge in [0.25, 0.3) is 5.91 Å². The molecule has 1 heterocycles. The maximum atomic E-state index is 12.5. The molecule has 1 atom stereocenters. The van der Waals surface area contributed by atoms with Gasteiger partial charge >= 0.3 is 0 Å². The van der Waals surface area contributed by atoms with E-state index in [0.29, 0.717) is 5.69 Å². The van der Waals surface area contributed by atoms with Gasteiger partial charge in [-0.05, 0) is 31.5 Å². The second-order valence-corrected chi connectivity index (χ2v) is 5.67. The number of hydrogen-bond acceptors (Lipinski definition) is 6. The summed E-state index contributed by atoms with van der Waals surface area (Å²) in [6, 6.07) is 6.71. The van der Waals surface area contributed by atoms with E-state index in [9.17, 15) is 13.6 Å². The van der Waals surface area contributed by atoms with Crippen molar-refractivity contribution in [3.63, 3.8) is 0 Å². The van der Waals surface area contributed by atoms with E-state index in [0.717, 1.165) is 10.6 Å². The van der Waals surface area contributed by atoms with Gasteiger partial charge in [0.1, 0.15) is 11.4 Å². The van der Waals surface area contributed by atoms with Crippen LogP contribution in [0, 0.1) is 6.92 Å². The molecule has 25 heavy (non-hydrogen) atoms. The van der Waals surface area contributed by atoms with Gasteiger partial charge in [0.15, 0.2) is 0 Å². The highest BCUT2D eigenvalue weighted by molar-refractivity contribution is 5.98. The fraction of sp³-hybridized carbons (Fsp3) is 0.312. The number of hydrogen-bond donors (Lipinski definition) is 3. The summed E-state index contributed by atoms with van der Waals surface area (Å²) in [6.45, 7) is 3.45. The van der Waals surface area contributed by atoms with Gasteiger partial charge in [-0.15, -0.1) is 0 Å². The lowest BCUT2D eigenvalue weighted by molar-refractivity contribution is 0.100. The van der Waals surface area contributed by atoms with Crippen LogP contribution < -0.4 is 21.9 Å². The average Bonchev–Trinajstić information content (AvgIpc) is 2.53. The molecule has 0 aliphatic rings. The summed E-state index contributed by atoms with van der Waals surface area (Å²) in [5, 5.41) is 4.03. The van der Waals surface area contributed by atoms with E-state index in [1.54, 1.807) is 6.07 Å². The van der Waals surface area contributed by atoms with Gasteiger partial charge in [-0.25, -0.2) is 19.6 Å². The lowest BCUT2D eigenvalue weighted by Crippen LogP contribution is -2.41. The molecule has 9 heteroatoms. The predicted octanol–water partition coefficient (Wildman–Crippen LogP) is 2.35. The normalized spacial score (nSPS) is 12.1. The van der Waals surface area contributed by atoms with E-state index >= 15 is 0 Å². The monoisotopic (exact) mass is 350 g/mol. The predicted molar refractivity (Wildman–Crippen MR) is 91.8 cm³/mol. The Morgan fingerprint density at radius 3 is 2.72 bits per heavy atom. The number of carbonyl (C=O) groups is 1. The third-order valence-corrected chi connectivity index (χ3v) is 3.55. The molecule has 2 rings (SSSR count). The quantitative estimate of drug-likeness (QED) is 0.522. The number of aromatic nitrogens is 2. The largest absolute Gasteiger partial charge is 0.365 e. The zero-order chi connectivity index (χ0) is 18.6. The summed E-state index contributed by atoms with van der Waals surface area (Å²) < 4.78 is 25.1. The Hall–Kier alpha value is -2.81. The van der Waals surface area contributed by atoms with Crippen LogP contribution in [0.4, 0.5) is 26.2 Å². The highest BCUT2D eigenvalue weighted by Gasteiger charge is 2.20. The molecular weight excluding hydrogens is 330 g/mol. The van der Waals surface area contributed by atoms with Crippen LogP contribution in [0.2, 0.25) is 0 Å². The summed E-state index contributed by atoms with van der Waals surface area (Å²) in [6.07, 6.45) is -1.72. The standard InChI is InChI=1S/C16H20F2N6O/c1-9-4-3-5-11(6-9)22-15-12(14(19)25)8-21-16(23-15)24(20)10(2)7-13(17)18/h3-6,8,10,13H,7,20H2,1-2H3,(H2,19,25)(H,21,22,23)/t10-/m1/s1. The number of alkyl halides is 2. The lowest BCUT2D eigenvalue weighted by atomic mass is 10.2. The highest BCUT2D eigenvalue weighted by Crippen LogP contribution is 2.22. The van der Waals surface area contributed by atoms with Crippen molar-refractivity contribution in [2.45, 2.75) is 32.7 Å². The summed E-state index contributed by atoms with van der Waals surface area (Å²) in [5.41, 5.74) is 7.11. The van der Waals surface area contributed by atoms with Crippen molar-refractivity contribution < 1.29 is 13.6 Å². The molecular formula is C16H20F2N6O. The molecule has 5 N–H and O–H groups in total. The number of carbonyl (C=O) groups excluding carboxylic acids is 1. The molecule has 0 unspecified atom stereocenters. The Balaban J connectivity index is 2.34. The van der Waals surface area contributed by atoms with E-state index in [4.69, 9.17) is 11.6 Å². The van der Waals surface area contributed by atoms with Crippen LogP contribution in [0.1, 0.15) is 29.3 Å². The number of halogens is 2. The zero-order valence-electron chi connectivity index (χ0n) is 13.9. The average molecular weight is 350 g/mol. The van der Waals surface area contributed by atoms with Gasteiger partial charge in [0.2, 0.25) is 12.4 Å². The molecule has 0 bridgehead atoms. The number of nitrogens with two attached hydrogens (primary N) is 2. The molecule has 1 aromatic carbocycles. The van der Waals surface area contributed by atoms with Crippen LogP contribution >= 0.6 is 0 Å². The molecule has 0 spiro atoms. The molecule has 2 aromatic rings. The number of nitrogens with zero attached hydrogens (tertiary/aromatic N) is 3. The SMILES string of the molecule is Cc1cccc(Nc2nc(N(N)[C@H](C)CC(F)F)ncc2C(N)=O)c1. The zero-order valence-corrected chi connectivity index (χ0v) is 13.9. The molecule has 0 saturated carbocycles. The number of nitrogens with one attached hydrogen (secondary N) is 1. The van der Waals surface area contributed by atoms with Crippen molar-refractivity contribution in [3.05, 3.63) is 41.6 Å². The van der Waals surface area contributed by atoms with Crippen LogP contribution in [0.25, 0.3) is 0 Å². The van der Waals surface area contributed by atoms with E-state index in [1.807, 2.05) is 25.1 Å². The molecule has 0 fully saturated rings. The first-order chi connectivity index (χ1) is 11.8. The first kappa shape index (κ1) is 18.5. The molecule has 134 valence electrons. The van der Waals surface area contributed by atoms with E-state index in [1.165, 1.54) is 13.1 Å². The molecule has 0 aliphatic heterocycles. The van der Waals surface area contributed by atoms with Gasteiger partial charge in [-0.1, -0.05) is 12.1 Å². The number of hydrazine groups is 1. The van der Waals surface area contributed by atoms with Crippen molar-refractivity contribution in [1.29, 1.82) is 0 Å². The van der Waals surface area contributed by atoms with Crippen LogP contribution in [0.3, 0.4) is 0 Å². The second-order valence-electron chi connectivity index (χ2n) is 5.67. The summed E-state index contributed by atoms with van der Waals surface area (Å²) in [4.78, 5) is 19.7. The fourth-order valence-corrected chi connectivity index (χ4v) is 2.20. The number of anilines is 3. The number of rotatable bonds is 7. The van der Waals surface area contributed by atoms with Gasteiger partial charge < -0.3 is 11.1 Å². The second kappa shape index (κ2) is 7.84. The third kappa shape index (κ3) is 4.83. The summed E-state index contributed by atoms with van der Waals surface area (Å²) >= 11 is 0. The maximum absolute atomic E-state index is 12.5. The summed E-state index contributed by atoms with van der Waals surface area (Å²) in [7, 11) is 0. The topological polar surface area (TPSA) is 110 Å². The number of aryl methyl sites for hydroxylation is 1. The lowest BCUT2D eigenvalue weighted by Gasteiger charge is -2.24. The van der Waals surface area contributed by atoms with E-state index in [-0.39, 0.29) is 17.3 Å². The van der Waals surface area contributed by atoms with Crippen LogP contribution in [-0.2, 0) is 0 Å². The van der Waals surface area contributed by atoms with Gasteiger partial charge in [-0.2, -0.15) is 4.98 Å². The molecule has 7 nitrogen and oxygen atoms in total. The van der Waals surface area contributed by atoms with E-state index < -0.39 is 24.8 Å². The van der Waals surface area contributed by atoms with Crippen molar-refractivity contribution in [3.8, 4) is 0 Å². The minimum absolute atomic E-state index is 0.00769. The molecule has 0 aliphatic carbocycles. The number of benzene rings is 1. The summed E-state index contributed by atoms with van der Waals surface area (Å²) in [5.74, 6) is 5.28. The Labute approximate surface area is 144 Å². The Bertz CT molecular complexity index is 755. The Kier molecular flexibility index (Phi) is 5.81. The molecule has 0 saturated heterocycles.